The van der Waals surface area contributed by atoms with Crippen LogP contribution in [-0.4, -0.2) is 36.5 Å². The lowest BCUT2D eigenvalue weighted by Crippen LogP contribution is -2.38. The summed E-state index contributed by atoms with van der Waals surface area (Å²) in [5.41, 5.74) is 0.998. The van der Waals surface area contributed by atoms with Gasteiger partial charge in [-0.15, -0.1) is 0 Å². The summed E-state index contributed by atoms with van der Waals surface area (Å²) in [6, 6.07) is 7.88. The first kappa shape index (κ1) is 12.7. The second kappa shape index (κ2) is 5.35. The van der Waals surface area contributed by atoms with Crippen LogP contribution in [0.1, 0.15) is 12.0 Å². The van der Waals surface area contributed by atoms with Gasteiger partial charge in [-0.1, -0.05) is 23.7 Å². The predicted octanol–water partition coefficient (Wildman–Crippen LogP) is 2.17. The number of carbonyl (C=O) groups is 1. The second-order valence-corrected chi connectivity index (χ2v) is 5.63. The summed E-state index contributed by atoms with van der Waals surface area (Å²) in [4.78, 5) is 14.2. The average molecular weight is 277 g/mol. The van der Waals surface area contributed by atoms with Crippen molar-refractivity contribution in [3.8, 4) is 0 Å². The second-order valence-electron chi connectivity index (χ2n) is 5.19. The molecular formula is C15H17ClN2O. The van der Waals surface area contributed by atoms with Gasteiger partial charge in [-0.2, -0.15) is 0 Å². The SMILES string of the molecule is O=C(/C=C/c1ccc(Cl)cc1)N1CC[C@H]2CNC[C@H]21. The van der Waals surface area contributed by atoms with Crippen LogP contribution in [0.4, 0.5) is 0 Å². The van der Waals surface area contributed by atoms with Crippen molar-refractivity contribution in [1.82, 2.24) is 10.2 Å². The first-order valence-electron chi connectivity index (χ1n) is 6.69. The van der Waals surface area contributed by atoms with Crippen LogP contribution >= 0.6 is 11.6 Å². The molecule has 100 valence electrons. The maximum Gasteiger partial charge on any atom is 0.246 e. The number of benzene rings is 1. The van der Waals surface area contributed by atoms with Crippen LogP contribution < -0.4 is 5.32 Å². The molecule has 0 spiro atoms. The summed E-state index contributed by atoms with van der Waals surface area (Å²) in [5.74, 6) is 0.763. The summed E-state index contributed by atoms with van der Waals surface area (Å²) in [5, 5.41) is 4.07. The first-order chi connectivity index (χ1) is 9.24. The number of nitrogens with zero attached hydrogens (tertiary/aromatic N) is 1. The zero-order valence-electron chi connectivity index (χ0n) is 10.7. The monoisotopic (exact) mass is 276 g/mol. The van der Waals surface area contributed by atoms with E-state index in [0.717, 1.165) is 31.6 Å². The highest BCUT2D eigenvalue weighted by Gasteiger charge is 2.38. The zero-order valence-corrected chi connectivity index (χ0v) is 11.4. The lowest BCUT2D eigenvalue weighted by molar-refractivity contribution is -0.126. The maximum absolute atomic E-state index is 12.2. The summed E-state index contributed by atoms with van der Waals surface area (Å²) >= 11 is 5.83. The van der Waals surface area contributed by atoms with E-state index in [2.05, 4.69) is 5.32 Å². The van der Waals surface area contributed by atoms with E-state index in [0.29, 0.717) is 17.0 Å². The number of likely N-dealkylation sites (tertiary alicyclic amines) is 1. The van der Waals surface area contributed by atoms with Crippen molar-refractivity contribution in [2.75, 3.05) is 19.6 Å². The van der Waals surface area contributed by atoms with Crippen molar-refractivity contribution < 1.29 is 4.79 Å². The fourth-order valence-corrected chi connectivity index (χ4v) is 3.09. The Morgan fingerprint density at radius 1 is 1.32 bits per heavy atom. The molecule has 0 bridgehead atoms. The van der Waals surface area contributed by atoms with Crippen LogP contribution in [0, 0.1) is 5.92 Å². The molecule has 0 unspecified atom stereocenters. The Labute approximate surface area is 118 Å². The van der Waals surface area contributed by atoms with Gasteiger partial charge in [-0.3, -0.25) is 4.79 Å². The third-order valence-corrected chi connectivity index (χ3v) is 4.27. The molecule has 2 atom stereocenters. The minimum atomic E-state index is 0.117. The molecule has 0 aliphatic carbocycles. The Hall–Kier alpha value is -1.32. The number of nitrogens with one attached hydrogen (secondary N) is 1. The lowest BCUT2D eigenvalue weighted by Gasteiger charge is -2.21. The molecule has 1 aromatic carbocycles. The van der Waals surface area contributed by atoms with Crippen LogP contribution in [0.15, 0.2) is 30.3 Å². The minimum absolute atomic E-state index is 0.117. The highest BCUT2D eigenvalue weighted by molar-refractivity contribution is 6.30. The molecule has 3 nitrogen and oxygen atoms in total. The summed E-state index contributed by atoms with van der Waals surface area (Å²) < 4.78 is 0. The zero-order chi connectivity index (χ0) is 13.2. The van der Waals surface area contributed by atoms with Gasteiger partial charge >= 0.3 is 0 Å². The molecule has 2 heterocycles. The molecule has 2 fully saturated rings. The van der Waals surface area contributed by atoms with E-state index in [4.69, 9.17) is 11.6 Å². The van der Waals surface area contributed by atoms with Gasteiger partial charge in [0.25, 0.3) is 0 Å². The molecule has 1 amide bonds. The van der Waals surface area contributed by atoms with E-state index < -0.39 is 0 Å². The Bertz CT molecular complexity index is 497. The highest BCUT2D eigenvalue weighted by Crippen LogP contribution is 2.27. The normalized spacial score (nSPS) is 26.1. The Morgan fingerprint density at radius 3 is 2.89 bits per heavy atom. The highest BCUT2D eigenvalue weighted by atomic mass is 35.5. The number of hydrogen-bond donors (Lipinski definition) is 1. The summed E-state index contributed by atoms with van der Waals surface area (Å²) in [6.07, 6.45) is 4.65. The van der Waals surface area contributed by atoms with Crippen molar-refractivity contribution >= 4 is 23.6 Å². The third-order valence-electron chi connectivity index (χ3n) is 4.02. The number of fused-ring (bicyclic) bond motifs is 1. The molecule has 4 heteroatoms. The van der Waals surface area contributed by atoms with Gasteiger partial charge in [-0.05, 0) is 36.1 Å². The van der Waals surface area contributed by atoms with Gasteiger partial charge in [0.05, 0.1) is 0 Å². The molecule has 0 aromatic heterocycles. The summed E-state index contributed by atoms with van der Waals surface area (Å²) in [7, 11) is 0. The van der Waals surface area contributed by atoms with Gasteiger partial charge in [0.1, 0.15) is 0 Å². The van der Waals surface area contributed by atoms with Crippen LogP contribution in [0.2, 0.25) is 5.02 Å². The van der Waals surface area contributed by atoms with Crippen molar-refractivity contribution in [3.63, 3.8) is 0 Å². The van der Waals surface area contributed by atoms with Gasteiger partial charge in [-0.25, -0.2) is 0 Å². The Kier molecular flexibility index (Phi) is 3.58. The fraction of sp³-hybridized carbons (Fsp3) is 0.400. The molecule has 0 saturated carbocycles. The van der Waals surface area contributed by atoms with Crippen molar-refractivity contribution in [1.29, 1.82) is 0 Å². The summed E-state index contributed by atoms with van der Waals surface area (Å²) in [6.45, 7) is 2.88. The number of carbonyl (C=O) groups excluding carboxylic acids is 1. The van der Waals surface area contributed by atoms with Gasteiger partial charge in [0.2, 0.25) is 5.91 Å². The van der Waals surface area contributed by atoms with Gasteiger partial charge in [0.15, 0.2) is 0 Å². The van der Waals surface area contributed by atoms with E-state index in [-0.39, 0.29) is 5.91 Å². The van der Waals surface area contributed by atoms with Crippen molar-refractivity contribution in [2.45, 2.75) is 12.5 Å². The van der Waals surface area contributed by atoms with Crippen LogP contribution in [0.3, 0.4) is 0 Å². The Morgan fingerprint density at radius 2 is 2.11 bits per heavy atom. The molecule has 2 saturated heterocycles. The van der Waals surface area contributed by atoms with Crippen LogP contribution in [-0.2, 0) is 4.79 Å². The van der Waals surface area contributed by atoms with Crippen molar-refractivity contribution in [2.24, 2.45) is 5.92 Å². The lowest BCUT2D eigenvalue weighted by atomic mass is 10.1. The molecule has 1 N–H and O–H groups in total. The van der Waals surface area contributed by atoms with E-state index in [1.54, 1.807) is 6.08 Å². The molecule has 1 aromatic rings. The molecular weight excluding hydrogens is 260 g/mol. The molecule has 19 heavy (non-hydrogen) atoms. The fourth-order valence-electron chi connectivity index (χ4n) is 2.96. The standard InChI is InChI=1S/C15H17ClN2O/c16-13-4-1-11(2-5-13)3-6-15(19)18-8-7-12-9-17-10-14(12)18/h1-6,12,14,17H,7-10H2/b6-3+/t12-,14+/m0/s1. The number of hydrogen-bond acceptors (Lipinski definition) is 2. The predicted molar refractivity (Wildman–Crippen MR) is 77.0 cm³/mol. The van der Waals surface area contributed by atoms with Crippen molar-refractivity contribution in [3.05, 3.63) is 40.9 Å². The molecule has 3 rings (SSSR count). The Balaban J connectivity index is 1.66. The van der Waals surface area contributed by atoms with Crippen LogP contribution in [0.25, 0.3) is 6.08 Å². The molecule has 2 aliphatic heterocycles. The average Bonchev–Trinajstić information content (AvgIpc) is 3.00. The molecule has 2 aliphatic rings. The van der Waals surface area contributed by atoms with E-state index in [9.17, 15) is 4.79 Å². The first-order valence-corrected chi connectivity index (χ1v) is 7.07. The number of halogens is 1. The van der Waals surface area contributed by atoms with Gasteiger partial charge < -0.3 is 10.2 Å². The number of rotatable bonds is 2. The molecule has 0 radical (unpaired) electrons. The minimum Gasteiger partial charge on any atom is -0.335 e. The van der Waals surface area contributed by atoms with E-state index >= 15 is 0 Å². The van der Waals surface area contributed by atoms with E-state index in [1.807, 2.05) is 35.2 Å². The largest absolute Gasteiger partial charge is 0.335 e. The quantitative estimate of drug-likeness (QED) is 0.840. The smallest absolute Gasteiger partial charge is 0.246 e. The maximum atomic E-state index is 12.2. The van der Waals surface area contributed by atoms with Crippen LogP contribution in [0.5, 0.6) is 0 Å². The topological polar surface area (TPSA) is 32.3 Å². The third kappa shape index (κ3) is 2.67. The van der Waals surface area contributed by atoms with Gasteiger partial charge in [0, 0.05) is 36.8 Å². The number of amides is 1. The van der Waals surface area contributed by atoms with E-state index in [1.165, 1.54) is 0 Å².